The summed E-state index contributed by atoms with van der Waals surface area (Å²) in [6.45, 7) is 1.66. The Kier molecular flexibility index (Phi) is 7.17. The number of hydrogen-bond acceptors (Lipinski definition) is 3. The fourth-order valence-electron chi connectivity index (χ4n) is 4.20. The van der Waals surface area contributed by atoms with Crippen molar-refractivity contribution in [3.63, 3.8) is 0 Å². The van der Waals surface area contributed by atoms with Gasteiger partial charge in [-0.15, -0.1) is 0 Å². The topological polar surface area (TPSA) is 47.6 Å². The smallest absolute Gasteiger partial charge is 0.257 e. The zero-order chi connectivity index (χ0) is 22.2. The minimum absolute atomic E-state index is 0.0538. The van der Waals surface area contributed by atoms with E-state index < -0.39 is 0 Å². The number of para-hydroxylation sites is 1. The highest BCUT2D eigenvalue weighted by Crippen LogP contribution is 2.34. The van der Waals surface area contributed by atoms with Crippen LogP contribution in [-0.4, -0.2) is 32.3 Å². The Balaban J connectivity index is 1.37. The molecule has 0 atom stereocenters. The lowest BCUT2D eigenvalue weighted by molar-refractivity contribution is -0.123. The summed E-state index contributed by atoms with van der Waals surface area (Å²) in [4.78, 5) is 12.6. The van der Waals surface area contributed by atoms with Gasteiger partial charge in [-0.3, -0.25) is 4.79 Å². The molecule has 3 aromatic carbocycles. The lowest BCUT2D eigenvalue weighted by atomic mass is 9.74. The van der Waals surface area contributed by atoms with Gasteiger partial charge in [-0.2, -0.15) is 0 Å². The first-order valence-corrected chi connectivity index (χ1v) is 11.0. The summed E-state index contributed by atoms with van der Waals surface area (Å²) < 4.78 is 24.8. The summed E-state index contributed by atoms with van der Waals surface area (Å²) in [5.74, 6) is 0.279. The second kappa shape index (κ2) is 10.4. The van der Waals surface area contributed by atoms with Crippen molar-refractivity contribution in [3.8, 4) is 5.75 Å². The fraction of sp³-hybridized carbons (Fsp3) is 0.296. The Labute approximate surface area is 188 Å². The molecule has 0 spiro atoms. The molecule has 1 fully saturated rings. The van der Waals surface area contributed by atoms with Crippen molar-refractivity contribution in [3.05, 3.63) is 101 Å². The van der Waals surface area contributed by atoms with Crippen LogP contribution >= 0.6 is 0 Å². The van der Waals surface area contributed by atoms with Crippen LogP contribution in [0, 0.1) is 5.82 Å². The predicted octanol–water partition coefficient (Wildman–Crippen LogP) is 4.66. The maximum atomic E-state index is 13.4. The minimum Gasteiger partial charge on any atom is -0.483 e. The molecule has 0 unspecified atom stereocenters. The molecular weight excluding hydrogens is 405 g/mol. The van der Waals surface area contributed by atoms with E-state index in [0.717, 1.165) is 30.4 Å². The molecule has 1 saturated heterocycles. The Hall–Kier alpha value is -3.18. The van der Waals surface area contributed by atoms with Gasteiger partial charge in [-0.1, -0.05) is 60.7 Å². The zero-order valence-corrected chi connectivity index (χ0v) is 18.1. The lowest BCUT2D eigenvalue weighted by Crippen LogP contribution is -2.45. The monoisotopic (exact) mass is 433 g/mol. The van der Waals surface area contributed by atoms with Gasteiger partial charge < -0.3 is 14.8 Å². The van der Waals surface area contributed by atoms with E-state index in [1.165, 1.54) is 17.7 Å². The van der Waals surface area contributed by atoms with Gasteiger partial charge in [0.1, 0.15) is 11.6 Å². The highest BCUT2D eigenvalue weighted by molar-refractivity contribution is 5.77. The Morgan fingerprint density at radius 1 is 0.938 bits per heavy atom. The van der Waals surface area contributed by atoms with Gasteiger partial charge >= 0.3 is 0 Å². The van der Waals surface area contributed by atoms with E-state index in [1.807, 2.05) is 54.6 Å². The third-order valence-electron chi connectivity index (χ3n) is 6.10. The van der Waals surface area contributed by atoms with Crippen molar-refractivity contribution >= 4 is 5.91 Å². The first-order valence-electron chi connectivity index (χ1n) is 11.0. The van der Waals surface area contributed by atoms with Crippen molar-refractivity contribution in [2.75, 3.05) is 26.4 Å². The van der Waals surface area contributed by atoms with Crippen LogP contribution in [0.3, 0.4) is 0 Å². The van der Waals surface area contributed by atoms with Crippen LogP contribution in [-0.2, 0) is 21.4 Å². The number of ether oxygens (including phenoxy) is 2. The van der Waals surface area contributed by atoms with Gasteiger partial charge in [0.2, 0.25) is 0 Å². The average Bonchev–Trinajstić information content (AvgIpc) is 2.84. The maximum absolute atomic E-state index is 13.4. The number of carbonyl (C=O) groups is 1. The normalized spacial score (nSPS) is 15.2. The number of carbonyl (C=O) groups excluding carboxylic acids is 1. The van der Waals surface area contributed by atoms with Crippen LogP contribution in [0.4, 0.5) is 4.39 Å². The zero-order valence-electron chi connectivity index (χ0n) is 18.1. The van der Waals surface area contributed by atoms with Crippen molar-refractivity contribution in [2.24, 2.45) is 0 Å². The van der Waals surface area contributed by atoms with Crippen LogP contribution in [0.1, 0.15) is 29.5 Å². The summed E-state index contributed by atoms with van der Waals surface area (Å²) in [7, 11) is 0. The molecule has 1 amide bonds. The number of hydrogen-bond donors (Lipinski definition) is 1. The van der Waals surface area contributed by atoms with E-state index in [1.54, 1.807) is 0 Å². The van der Waals surface area contributed by atoms with E-state index in [-0.39, 0.29) is 23.7 Å². The first kappa shape index (κ1) is 22.0. The molecule has 0 aliphatic carbocycles. The van der Waals surface area contributed by atoms with Gasteiger partial charge in [0.05, 0.1) is 0 Å². The highest BCUT2D eigenvalue weighted by Gasteiger charge is 2.34. The van der Waals surface area contributed by atoms with Gasteiger partial charge in [0, 0.05) is 31.6 Å². The largest absolute Gasteiger partial charge is 0.483 e. The van der Waals surface area contributed by atoms with Crippen LogP contribution in [0.25, 0.3) is 0 Å². The number of benzene rings is 3. The molecule has 32 heavy (non-hydrogen) atoms. The standard InChI is InChI=1S/C27H28FNO3/c28-24-12-10-23(11-13-24)27(14-16-31-17-15-27)20-29-26(30)19-32-25-9-5-4-8-22(25)18-21-6-2-1-3-7-21/h1-13H,14-20H2,(H,29,30). The van der Waals surface area contributed by atoms with Crippen LogP contribution in [0.5, 0.6) is 5.75 Å². The van der Waals surface area contributed by atoms with Crippen molar-refractivity contribution < 1.29 is 18.7 Å². The molecule has 0 radical (unpaired) electrons. The highest BCUT2D eigenvalue weighted by atomic mass is 19.1. The number of nitrogens with one attached hydrogen (secondary N) is 1. The Morgan fingerprint density at radius 2 is 1.62 bits per heavy atom. The summed E-state index contributed by atoms with van der Waals surface area (Å²) in [6, 6.07) is 24.5. The molecule has 0 bridgehead atoms. The molecule has 4 rings (SSSR count). The number of halogens is 1. The molecule has 1 N–H and O–H groups in total. The second-order valence-electron chi connectivity index (χ2n) is 8.24. The van der Waals surface area contributed by atoms with Gasteiger partial charge in [-0.05, 0) is 47.7 Å². The molecule has 166 valence electrons. The van der Waals surface area contributed by atoms with Gasteiger partial charge in [-0.25, -0.2) is 4.39 Å². The molecule has 1 aliphatic rings. The van der Waals surface area contributed by atoms with Gasteiger partial charge in [0.15, 0.2) is 6.61 Å². The summed E-state index contributed by atoms with van der Waals surface area (Å²) in [5.41, 5.74) is 3.00. The maximum Gasteiger partial charge on any atom is 0.257 e. The number of rotatable bonds is 8. The third kappa shape index (κ3) is 5.54. The Morgan fingerprint density at radius 3 is 2.38 bits per heavy atom. The SMILES string of the molecule is O=C(COc1ccccc1Cc1ccccc1)NCC1(c2ccc(F)cc2)CCOCC1. The van der Waals surface area contributed by atoms with Gasteiger partial charge in [0.25, 0.3) is 5.91 Å². The average molecular weight is 434 g/mol. The molecule has 4 nitrogen and oxygen atoms in total. The van der Waals surface area contributed by atoms with E-state index in [2.05, 4.69) is 17.4 Å². The molecule has 0 saturated carbocycles. The molecule has 1 heterocycles. The summed E-state index contributed by atoms with van der Waals surface area (Å²) in [5, 5.41) is 3.03. The second-order valence-corrected chi connectivity index (χ2v) is 8.24. The number of amides is 1. The van der Waals surface area contributed by atoms with Crippen LogP contribution in [0.2, 0.25) is 0 Å². The molecular formula is C27H28FNO3. The summed E-state index contributed by atoms with van der Waals surface area (Å²) in [6.07, 6.45) is 2.30. The lowest BCUT2D eigenvalue weighted by Gasteiger charge is -2.38. The minimum atomic E-state index is -0.262. The Bertz CT molecular complexity index is 1010. The third-order valence-corrected chi connectivity index (χ3v) is 6.10. The van der Waals surface area contributed by atoms with Crippen molar-refractivity contribution in [2.45, 2.75) is 24.7 Å². The quantitative estimate of drug-likeness (QED) is 0.562. The van der Waals surface area contributed by atoms with Crippen molar-refractivity contribution in [1.82, 2.24) is 5.32 Å². The molecule has 0 aromatic heterocycles. The molecule has 1 aliphatic heterocycles. The molecule has 3 aromatic rings. The van der Waals surface area contributed by atoms with E-state index >= 15 is 0 Å². The molecule has 5 heteroatoms. The predicted molar refractivity (Wildman–Crippen MR) is 122 cm³/mol. The van der Waals surface area contributed by atoms with E-state index in [0.29, 0.717) is 25.5 Å². The van der Waals surface area contributed by atoms with E-state index in [4.69, 9.17) is 9.47 Å². The fourth-order valence-corrected chi connectivity index (χ4v) is 4.20. The van der Waals surface area contributed by atoms with E-state index in [9.17, 15) is 9.18 Å². The first-order chi connectivity index (χ1) is 15.6. The van der Waals surface area contributed by atoms with Crippen LogP contribution in [0.15, 0.2) is 78.9 Å². The van der Waals surface area contributed by atoms with Crippen LogP contribution < -0.4 is 10.1 Å². The summed E-state index contributed by atoms with van der Waals surface area (Å²) >= 11 is 0. The van der Waals surface area contributed by atoms with Crippen molar-refractivity contribution in [1.29, 1.82) is 0 Å².